The van der Waals surface area contributed by atoms with Crippen LogP contribution in [0.4, 0.5) is 20.2 Å². The number of hydrogen-bond acceptors (Lipinski definition) is 5. The first kappa shape index (κ1) is 28.4. The SMILES string of the molecule is CCS(=O)(=O)Nc1ccc2c(c1)C1(CCC(F)(F)CC1)CN2C(=O)c1cccc(S(=O)(=O)NC(C)(C)C)c1. The Morgan fingerprint density at radius 3 is 2.26 bits per heavy atom. The highest BCUT2D eigenvalue weighted by Gasteiger charge is 2.50. The smallest absolute Gasteiger partial charge is 0.258 e. The van der Waals surface area contributed by atoms with E-state index in [1.807, 2.05) is 0 Å². The molecule has 1 fully saturated rings. The summed E-state index contributed by atoms with van der Waals surface area (Å²) >= 11 is 0. The number of rotatable bonds is 6. The van der Waals surface area contributed by atoms with Crippen LogP contribution in [0.5, 0.6) is 0 Å². The fourth-order valence-corrected chi connectivity index (χ4v) is 7.20. The second-order valence-corrected chi connectivity index (χ2v) is 14.8. The molecule has 1 heterocycles. The number of benzene rings is 2. The molecule has 0 atom stereocenters. The number of nitrogens with zero attached hydrogens (tertiary/aromatic N) is 1. The Labute approximate surface area is 222 Å². The molecule has 1 amide bonds. The monoisotopic (exact) mass is 569 g/mol. The lowest BCUT2D eigenvalue weighted by molar-refractivity contribution is -0.0499. The van der Waals surface area contributed by atoms with Crippen molar-refractivity contribution in [3.05, 3.63) is 53.6 Å². The van der Waals surface area contributed by atoms with Gasteiger partial charge >= 0.3 is 0 Å². The summed E-state index contributed by atoms with van der Waals surface area (Å²) in [5.74, 6) is -3.39. The molecule has 2 aromatic rings. The maximum Gasteiger partial charge on any atom is 0.258 e. The van der Waals surface area contributed by atoms with Crippen molar-refractivity contribution < 1.29 is 30.4 Å². The minimum atomic E-state index is -3.89. The van der Waals surface area contributed by atoms with Crippen molar-refractivity contribution in [3.63, 3.8) is 0 Å². The Balaban J connectivity index is 1.73. The number of fused-ring (bicyclic) bond motifs is 2. The zero-order valence-corrected chi connectivity index (χ0v) is 23.5. The zero-order valence-electron chi connectivity index (χ0n) is 21.8. The van der Waals surface area contributed by atoms with E-state index in [4.69, 9.17) is 0 Å². The lowest BCUT2D eigenvalue weighted by Crippen LogP contribution is -2.42. The van der Waals surface area contributed by atoms with Gasteiger partial charge in [0.15, 0.2) is 0 Å². The standard InChI is InChI=1S/C26H33F2N3O5S2/c1-5-37(33,34)29-19-9-10-22-21(16-19)25(11-13-26(27,28)14-12-25)17-31(22)23(32)18-7-6-8-20(15-18)38(35,36)30-24(2,3)4/h6-10,15-16,29-30H,5,11-14,17H2,1-4H3. The third-order valence-electron chi connectivity index (χ3n) is 6.99. The van der Waals surface area contributed by atoms with Crippen LogP contribution in [0.2, 0.25) is 0 Å². The van der Waals surface area contributed by atoms with Gasteiger partial charge in [-0.1, -0.05) is 6.07 Å². The molecule has 0 radical (unpaired) electrons. The molecule has 4 rings (SSSR count). The number of sulfonamides is 2. The van der Waals surface area contributed by atoms with Crippen molar-refractivity contribution in [1.82, 2.24) is 4.72 Å². The van der Waals surface area contributed by atoms with Crippen molar-refractivity contribution in [2.24, 2.45) is 0 Å². The van der Waals surface area contributed by atoms with Crippen LogP contribution < -0.4 is 14.3 Å². The average molecular weight is 570 g/mol. The number of carbonyl (C=O) groups excluding carboxylic acids is 1. The van der Waals surface area contributed by atoms with Crippen molar-refractivity contribution in [1.29, 1.82) is 0 Å². The molecule has 208 valence electrons. The van der Waals surface area contributed by atoms with E-state index in [9.17, 15) is 30.4 Å². The summed E-state index contributed by atoms with van der Waals surface area (Å²) in [5.41, 5.74) is 0.0907. The molecule has 0 bridgehead atoms. The Bertz CT molecular complexity index is 1460. The molecule has 1 aliphatic carbocycles. The molecular formula is C26H33F2N3O5S2. The molecular weight excluding hydrogens is 536 g/mol. The lowest BCUT2D eigenvalue weighted by atomic mass is 9.69. The van der Waals surface area contributed by atoms with Crippen LogP contribution in [0.15, 0.2) is 47.4 Å². The second kappa shape index (κ2) is 9.56. The first-order chi connectivity index (χ1) is 17.5. The molecule has 2 aromatic carbocycles. The molecule has 0 saturated heterocycles. The summed E-state index contributed by atoms with van der Waals surface area (Å²) in [6.07, 6.45) is -0.424. The summed E-state index contributed by atoms with van der Waals surface area (Å²) in [7, 11) is -7.46. The van der Waals surface area contributed by atoms with Crippen LogP contribution in [0.25, 0.3) is 0 Å². The third-order valence-corrected chi connectivity index (χ3v) is 10.1. The fraction of sp³-hybridized carbons (Fsp3) is 0.500. The van der Waals surface area contributed by atoms with Gasteiger partial charge in [-0.05, 0) is 82.5 Å². The van der Waals surface area contributed by atoms with E-state index in [-0.39, 0.29) is 48.4 Å². The van der Waals surface area contributed by atoms with E-state index < -0.39 is 42.8 Å². The quantitative estimate of drug-likeness (QED) is 0.527. The highest BCUT2D eigenvalue weighted by Crippen LogP contribution is 2.53. The van der Waals surface area contributed by atoms with Gasteiger partial charge in [-0.3, -0.25) is 9.52 Å². The minimum Gasteiger partial charge on any atom is -0.307 e. The van der Waals surface area contributed by atoms with E-state index in [0.717, 1.165) is 0 Å². The van der Waals surface area contributed by atoms with Gasteiger partial charge in [-0.25, -0.2) is 30.3 Å². The fourth-order valence-electron chi connectivity index (χ4n) is 5.10. The molecule has 0 unspecified atom stereocenters. The Hall–Kier alpha value is -2.57. The Kier molecular flexibility index (Phi) is 7.16. The summed E-state index contributed by atoms with van der Waals surface area (Å²) < 4.78 is 83.3. The molecule has 12 heteroatoms. The van der Waals surface area contributed by atoms with Gasteiger partial charge in [0.1, 0.15) is 0 Å². The molecule has 1 aliphatic heterocycles. The van der Waals surface area contributed by atoms with Crippen LogP contribution >= 0.6 is 0 Å². The van der Waals surface area contributed by atoms with Gasteiger partial charge in [0.25, 0.3) is 5.91 Å². The van der Waals surface area contributed by atoms with Gasteiger partial charge in [0.05, 0.1) is 10.6 Å². The van der Waals surface area contributed by atoms with Crippen LogP contribution in [-0.2, 0) is 25.5 Å². The summed E-state index contributed by atoms with van der Waals surface area (Å²) in [5, 5.41) is 0. The van der Waals surface area contributed by atoms with Gasteiger partial charge < -0.3 is 4.90 Å². The summed E-state index contributed by atoms with van der Waals surface area (Å²) in [6.45, 7) is 6.78. The normalized spacial score (nSPS) is 18.8. The lowest BCUT2D eigenvalue weighted by Gasteiger charge is -2.37. The number of halogens is 2. The average Bonchev–Trinajstić information content (AvgIpc) is 3.13. The first-order valence-electron chi connectivity index (χ1n) is 12.4. The first-order valence-corrected chi connectivity index (χ1v) is 15.6. The van der Waals surface area contributed by atoms with E-state index >= 15 is 0 Å². The Morgan fingerprint density at radius 1 is 1.00 bits per heavy atom. The van der Waals surface area contributed by atoms with Gasteiger partial charge in [0.2, 0.25) is 26.0 Å². The van der Waals surface area contributed by atoms with Gasteiger partial charge in [0, 0.05) is 47.3 Å². The van der Waals surface area contributed by atoms with E-state index in [1.54, 1.807) is 32.9 Å². The van der Waals surface area contributed by atoms with Crippen molar-refractivity contribution in [3.8, 4) is 0 Å². The molecule has 38 heavy (non-hydrogen) atoms. The summed E-state index contributed by atoms with van der Waals surface area (Å²) in [6, 6.07) is 10.5. The van der Waals surface area contributed by atoms with Crippen LogP contribution in [0.1, 0.15) is 69.3 Å². The van der Waals surface area contributed by atoms with E-state index in [1.165, 1.54) is 42.2 Å². The van der Waals surface area contributed by atoms with Crippen LogP contribution in [0, 0.1) is 0 Å². The van der Waals surface area contributed by atoms with Crippen LogP contribution in [0.3, 0.4) is 0 Å². The molecule has 2 N–H and O–H groups in total. The van der Waals surface area contributed by atoms with Crippen molar-refractivity contribution in [2.45, 2.75) is 75.2 Å². The maximum absolute atomic E-state index is 14.1. The highest BCUT2D eigenvalue weighted by atomic mass is 32.2. The molecule has 0 aromatic heterocycles. The molecule has 8 nitrogen and oxygen atoms in total. The number of alkyl halides is 2. The van der Waals surface area contributed by atoms with E-state index in [0.29, 0.717) is 16.9 Å². The second-order valence-electron chi connectivity index (χ2n) is 11.1. The zero-order chi connectivity index (χ0) is 28.1. The van der Waals surface area contributed by atoms with Crippen LogP contribution in [-0.4, -0.2) is 46.5 Å². The van der Waals surface area contributed by atoms with Gasteiger partial charge in [-0.2, -0.15) is 0 Å². The number of carbonyl (C=O) groups is 1. The number of anilines is 2. The topological polar surface area (TPSA) is 113 Å². The summed E-state index contributed by atoms with van der Waals surface area (Å²) in [4.78, 5) is 15.2. The highest BCUT2D eigenvalue weighted by molar-refractivity contribution is 7.92. The predicted molar refractivity (Wildman–Crippen MR) is 143 cm³/mol. The molecule has 1 saturated carbocycles. The number of hydrogen-bond donors (Lipinski definition) is 2. The Morgan fingerprint density at radius 2 is 1.66 bits per heavy atom. The minimum absolute atomic E-state index is 0.0611. The number of amides is 1. The van der Waals surface area contributed by atoms with E-state index in [2.05, 4.69) is 9.44 Å². The maximum atomic E-state index is 14.1. The largest absolute Gasteiger partial charge is 0.307 e. The number of nitrogens with one attached hydrogen (secondary N) is 2. The molecule has 2 aliphatic rings. The third kappa shape index (κ3) is 5.86. The van der Waals surface area contributed by atoms with Crippen molar-refractivity contribution in [2.75, 3.05) is 21.9 Å². The van der Waals surface area contributed by atoms with Crippen molar-refractivity contribution >= 4 is 37.3 Å². The predicted octanol–water partition coefficient (Wildman–Crippen LogP) is 4.63. The van der Waals surface area contributed by atoms with Gasteiger partial charge in [-0.15, -0.1) is 0 Å². The molecule has 1 spiro atoms.